The number of aromatic nitrogens is 2. The van der Waals surface area contributed by atoms with Crippen LogP contribution < -0.4 is 0 Å². The standard InChI is InChI=1S/C10H11F4IN2O/c1-5(3-4-11)17-8(15)6(2)16-9(17)7(18)10(12,13)14/h7,18H,1,3-4H2,2H3. The van der Waals surface area contributed by atoms with Gasteiger partial charge in [-0.25, -0.2) is 4.98 Å². The van der Waals surface area contributed by atoms with E-state index in [1.54, 1.807) is 22.6 Å². The van der Waals surface area contributed by atoms with Crippen molar-refractivity contribution < 1.29 is 22.7 Å². The Balaban J connectivity index is 3.28. The first-order valence-corrected chi connectivity index (χ1v) is 6.01. The minimum atomic E-state index is -4.82. The molecule has 0 spiro atoms. The van der Waals surface area contributed by atoms with Gasteiger partial charge in [0.2, 0.25) is 6.10 Å². The maximum absolute atomic E-state index is 12.5. The number of nitrogens with zero attached hydrogens (tertiary/aromatic N) is 2. The van der Waals surface area contributed by atoms with Crippen LogP contribution in [0.5, 0.6) is 0 Å². The Morgan fingerprint density at radius 2 is 2.11 bits per heavy atom. The van der Waals surface area contributed by atoms with Gasteiger partial charge in [0.25, 0.3) is 0 Å². The van der Waals surface area contributed by atoms with Crippen LogP contribution in [-0.2, 0) is 0 Å². The minimum absolute atomic E-state index is 0.122. The summed E-state index contributed by atoms with van der Waals surface area (Å²) in [5.74, 6) is -0.581. The molecule has 0 saturated carbocycles. The molecule has 0 aromatic carbocycles. The lowest BCUT2D eigenvalue weighted by Crippen LogP contribution is -2.24. The van der Waals surface area contributed by atoms with E-state index >= 15 is 0 Å². The smallest absolute Gasteiger partial charge is 0.377 e. The fourth-order valence-electron chi connectivity index (χ4n) is 1.38. The van der Waals surface area contributed by atoms with E-state index < -0.39 is 24.8 Å². The number of aryl methyl sites for hydroxylation is 1. The first-order valence-electron chi connectivity index (χ1n) is 4.93. The van der Waals surface area contributed by atoms with E-state index in [-0.39, 0.29) is 12.1 Å². The van der Waals surface area contributed by atoms with E-state index in [0.717, 1.165) is 4.57 Å². The van der Waals surface area contributed by atoms with Crippen molar-refractivity contribution in [1.29, 1.82) is 0 Å². The summed E-state index contributed by atoms with van der Waals surface area (Å²) in [6.45, 7) is 4.28. The highest BCUT2D eigenvalue weighted by molar-refractivity contribution is 14.1. The van der Waals surface area contributed by atoms with Crippen molar-refractivity contribution in [1.82, 2.24) is 9.55 Å². The summed E-state index contributed by atoms with van der Waals surface area (Å²) in [6.07, 6.45) is -7.66. The van der Waals surface area contributed by atoms with Gasteiger partial charge in [-0.1, -0.05) is 6.58 Å². The molecule has 0 aliphatic carbocycles. The average Bonchev–Trinajstić information content (AvgIpc) is 2.53. The van der Waals surface area contributed by atoms with Gasteiger partial charge in [0.1, 0.15) is 3.70 Å². The zero-order valence-electron chi connectivity index (χ0n) is 9.43. The molecule has 0 bridgehead atoms. The topological polar surface area (TPSA) is 38.0 Å². The Labute approximate surface area is 115 Å². The summed E-state index contributed by atoms with van der Waals surface area (Å²) >= 11 is 1.78. The maximum atomic E-state index is 12.5. The van der Waals surface area contributed by atoms with Gasteiger partial charge >= 0.3 is 6.18 Å². The first-order chi connectivity index (χ1) is 8.20. The van der Waals surface area contributed by atoms with Crippen LogP contribution in [0.2, 0.25) is 0 Å². The lowest BCUT2D eigenvalue weighted by atomic mass is 10.3. The number of hydrogen-bond donors (Lipinski definition) is 1. The van der Waals surface area contributed by atoms with E-state index in [1.165, 1.54) is 6.92 Å². The highest BCUT2D eigenvalue weighted by Gasteiger charge is 2.43. The van der Waals surface area contributed by atoms with Gasteiger partial charge in [0.05, 0.1) is 12.4 Å². The number of rotatable bonds is 4. The lowest BCUT2D eigenvalue weighted by molar-refractivity contribution is -0.209. The fraction of sp³-hybridized carbons (Fsp3) is 0.500. The van der Waals surface area contributed by atoms with Gasteiger partial charge in [-0.15, -0.1) is 0 Å². The second-order valence-corrected chi connectivity index (χ2v) is 4.65. The number of allylic oxidation sites excluding steroid dienone is 1. The van der Waals surface area contributed by atoms with Crippen LogP contribution in [0.15, 0.2) is 6.58 Å². The van der Waals surface area contributed by atoms with Crippen molar-refractivity contribution in [2.45, 2.75) is 25.6 Å². The van der Waals surface area contributed by atoms with Gasteiger partial charge in [-0.2, -0.15) is 13.2 Å². The molecule has 1 rings (SSSR count). The largest absolute Gasteiger partial charge is 0.421 e. The third kappa shape index (κ3) is 3.02. The maximum Gasteiger partial charge on any atom is 0.421 e. The van der Waals surface area contributed by atoms with Crippen LogP contribution in [0.4, 0.5) is 17.6 Å². The minimum Gasteiger partial charge on any atom is -0.377 e. The van der Waals surface area contributed by atoms with Crippen molar-refractivity contribution in [3.05, 3.63) is 21.8 Å². The van der Waals surface area contributed by atoms with Crippen molar-refractivity contribution in [2.75, 3.05) is 6.67 Å². The van der Waals surface area contributed by atoms with Gasteiger partial charge < -0.3 is 5.11 Å². The number of alkyl halides is 4. The first kappa shape index (κ1) is 15.4. The molecular weight excluding hydrogens is 367 g/mol. The van der Waals surface area contributed by atoms with Crippen LogP contribution in [0.1, 0.15) is 24.0 Å². The number of hydrogen-bond acceptors (Lipinski definition) is 2. The molecular formula is C10H11F4IN2O. The highest BCUT2D eigenvalue weighted by Crippen LogP contribution is 2.34. The lowest BCUT2D eigenvalue weighted by Gasteiger charge is -2.17. The normalized spacial score (nSPS) is 13.7. The van der Waals surface area contributed by atoms with Crippen molar-refractivity contribution in [2.24, 2.45) is 0 Å². The molecule has 0 fully saturated rings. The van der Waals surface area contributed by atoms with Crippen molar-refractivity contribution in [3.63, 3.8) is 0 Å². The third-order valence-electron chi connectivity index (χ3n) is 2.26. The summed E-state index contributed by atoms with van der Waals surface area (Å²) in [5, 5.41) is 9.25. The monoisotopic (exact) mass is 378 g/mol. The molecule has 102 valence electrons. The Kier molecular flexibility index (Phi) is 4.76. The van der Waals surface area contributed by atoms with E-state index in [0.29, 0.717) is 9.39 Å². The van der Waals surface area contributed by atoms with Crippen LogP contribution in [0, 0.1) is 10.6 Å². The summed E-state index contributed by atoms with van der Waals surface area (Å²) in [7, 11) is 0. The van der Waals surface area contributed by atoms with Crippen LogP contribution in [-0.4, -0.2) is 27.5 Å². The van der Waals surface area contributed by atoms with Crippen molar-refractivity contribution >= 4 is 28.3 Å². The Bertz CT molecular complexity index is 455. The van der Waals surface area contributed by atoms with E-state index in [9.17, 15) is 22.7 Å². The third-order valence-corrected chi connectivity index (χ3v) is 3.52. The molecule has 1 atom stereocenters. The number of aliphatic hydroxyl groups is 1. The van der Waals surface area contributed by atoms with Crippen molar-refractivity contribution in [3.8, 4) is 0 Å². The quantitative estimate of drug-likeness (QED) is 0.646. The molecule has 0 aliphatic heterocycles. The summed E-state index contributed by atoms with van der Waals surface area (Å²) < 4.78 is 51.2. The predicted molar refractivity (Wildman–Crippen MR) is 66.6 cm³/mol. The summed E-state index contributed by atoms with van der Waals surface area (Å²) in [4.78, 5) is 3.68. The SMILES string of the molecule is C=C(CCF)n1c(C(O)C(F)(F)F)nc(C)c1I. The van der Waals surface area contributed by atoms with E-state index in [4.69, 9.17) is 0 Å². The molecule has 3 nitrogen and oxygen atoms in total. The molecule has 0 amide bonds. The number of halogens is 5. The summed E-state index contributed by atoms with van der Waals surface area (Å²) in [6, 6.07) is 0. The van der Waals surface area contributed by atoms with Crippen LogP contribution in [0.3, 0.4) is 0 Å². The van der Waals surface area contributed by atoms with Gasteiger partial charge in [-0.05, 0) is 29.5 Å². The molecule has 0 radical (unpaired) electrons. The second-order valence-electron chi connectivity index (χ2n) is 3.63. The Morgan fingerprint density at radius 3 is 2.56 bits per heavy atom. The highest BCUT2D eigenvalue weighted by atomic mass is 127. The molecule has 0 aliphatic rings. The van der Waals surface area contributed by atoms with Crippen LogP contribution >= 0.6 is 22.6 Å². The number of imidazole rings is 1. The molecule has 0 saturated heterocycles. The molecule has 1 aromatic heterocycles. The molecule has 18 heavy (non-hydrogen) atoms. The molecule has 1 unspecified atom stereocenters. The fourth-order valence-corrected chi connectivity index (χ4v) is 2.09. The second kappa shape index (κ2) is 5.55. The Morgan fingerprint density at radius 1 is 1.56 bits per heavy atom. The zero-order chi connectivity index (χ0) is 14.1. The van der Waals surface area contributed by atoms with E-state index in [2.05, 4.69) is 11.6 Å². The molecule has 1 aromatic rings. The predicted octanol–water partition coefficient (Wildman–Crippen LogP) is 3.22. The van der Waals surface area contributed by atoms with Gasteiger partial charge in [0.15, 0.2) is 5.82 Å². The van der Waals surface area contributed by atoms with Crippen LogP contribution in [0.25, 0.3) is 5.70 Å². The zero-order valence-corrected chi connectivity index (χ0v) is 11.6. The van der Waals surface area contributed by atoms with Gasteiger partial charge in [-0.3, -0.25) is 8.96 Å². The molecule has 1 N–H and O–H groups in total. The van der Waals surface area contributed by atoms with E-state index in [1.807, 2.05) is 0 Å². The molecule has 8 heteroatoms. The summed E-state index contributed by atoms with van der Waals surface area (Å²) in [5.41, 5.74) is 0.453. The number of aliphatic hydroxyl groups excluding tert-OH is 1. The van der Waals surface area contributed by atoms with Gasteiger partial charge in [0, 0.05) is 12.1 Å². The Hall–Kier alpha value is -0.640. The molecule has 1 heterocycles. The average molecular weight is 378 g/mol.